The minimum atomic E-state index is -2.58. The lowest BCUT2D eigenvalue weighted by Crippen LogP contribution is -2.25. The first-order valence-electron chi connectivity index (χ1n) is 11.3. The maximum atomic E-state index is 13.2. The first kappa shape index (κ1) is 22.5. The van der Waals surface area contributed by atoms with Gasteiger partial charge in [0.05, 0.1) is 0 Å². The van der Waals surface area contributed by atoms with Crippen molar-refractivity contribution in [2.75, 3.05) is 25.2 Å². The third-order valence-corrected chi connectivity index (χ3v) is 7.30. The van der Waals surface area contributed by atoms with Crippen molar-refractivity contribution in [3.8, 4) is 5.82 Å². The number of rotatable bonds is 5. The first-order chi connectivity index (χ1) is 16.2. The van der Waals surface area contributed by atoms with Gasteiger partial charge in [-0.15, -0.1) is 0 Å². The number of benzene rings is 1. The highest BCUT2D eigenvalue weighted by Gasteiger charge is 2.22. The average Bonchev–Trinajstić information content (AvgIpc) is 3.10. The van der Waals surface area contributed by atoms with E-state index in [9.17, 15) is 9.36 Å². The zero-order valence-corrected chi connectivity index (χ0v) is 20.6. The van der Waals surface area contributed by atoms with Crippen molar-refractivity contribution in [2.24, 2.45) is 0 Å². The Bertz CT molecular complexity index is 1500. The highest BCUT2D eigenvalue weighted by atomic mass is 31.2. The number of hydrogen-bond acceptors (Lipinski definition) is 7. The SMILES string of the molecule is CC(C)n1c(=O)c2cnc(Nc3ccc4c(c3)CCNC4)nc2n1-c1cccc(P(C)(C)=O)n1. The number of anilines is 2. The van der Waals surface area contributed by atoms with E-state index in [4.69, 9.17) is 4.98 Å². The molecule has 3 aromatic heterocycles. The second kappa shape index (κ2) is 8.49. The van der Waals surface area contributed by atoms with E-state index in [-0.39, 0.29) is 11.6 Å². The van der Waals surface area contributed by atoms with Gasteiger partial charge in [0.15, 0.2) is 11.5 Å². The van der Waals surface area contributed by atoms with Crippen LogP contribution in [0.1, 0.15) is 31.0 Å². The summed E-state index contributed by atoms with van der Waals surface area (Å²) in [5.74, 6) is 0.886. The van der Waals surface area contributed by atoms with E-state index >= 15 is 0 Å². The van der Waals surface area contributed by atoms with Crippen LogP contribution in [-0.4, -0.2) is 44.2 Å². The molecule has 0 saturated carbocycles. The molecule has 2 N–H and O–H groups in total. The Labute approximate surface area is 197 Å². The number of pyridine rings is 1. The van der Waals surface area contributed by atoms with Gasteiger partial charge in [0.2, 0.25) is 5.95 Å². The zero-order chi connectivity index (χ0) is 24.0. The summed E-state index contributed by atoms with van der Waals surface area (Å²) in [4.78, 5) is 27.0. The summed E-state index contributed by atoms with van der Waals surface area (Å²) in [6.45, 7) is 9.06. The van der Waals surface area contributed by atoms with Crippen molar-refractivity contribution in [3.05, 3.63) is 64.1 Å². The Kier molecular flexibility index (Phi) is 5.62. The van der Waals surface area contributed by atoms with E-state index in [1.165, 1.54) is 11.1 Å². The molecule has 34 heavy (non-hydrogen) atoms. The summed E-state index contributed by atoms with van der Waals surface area (Å²) >= 11 is 0. The maximum absolute atomic E-state index is 13.2. The third-order valence-electron chi connectivity index (χ3n) is 5.95. The van der Waals surface area contributed by atoms with Gasteiger partial charge >= 0.3 is 0 Å². The van der Waals surface area contributed by atoms with Gasteiger partial charge < -0.3 is 15.2 Å². The van der Waals surface area contributed by atoms with Crippen LogP contribution in [0.2, 0.25) is 0 Å². The fourth-order valence-corrected chi connectivity index (χ4v) is 5.05. The van der Waals surface area contributed by atoms with Gasteiger partial charge in [0.25, 0.3) is 5.56 Å². The fourth-order valence-electron chi connectivity index (χ4n) is 4.26. The van der Waals surface area contributed by atoms with Crippen LogP contribution in [-0.2, 0) is 17.5 Å². The van der Waals surface area contributed by atoms with E-state index in [1.54, 1.807) is 47.1 Å². The van der Waals surface area contributed by atoms with Crippen LogP contribution in [0.15, 0.2) is 47.4 Å². The Morgan fingerprint density at radius 3 is 2.71 bits per heavy atom. The Hall–Kier alpha value is -3.29. The van der Waals surface area contributed by atoms with E-state index in [2.05, 4.69) is 32.7 Å². The molecule has 176 valence electrons. The molecule has 0 atom stereocenters. The molecule has 0 aliphatic carbocycles. The predicted octanol–water partition coefficient (Wildman–Crippen LogP) is 3.20. The fraction of sp³-hybridized carbons (Fsp3) is 0.333. The Morgan fingerprint density at radius 2 is 1.94 bits per heavy atom. The largest absolute Gasteiger partial charge is 0.324 e. The first-order valence-corrected chi connectivity index (χ1v) is 14.0. The topological polar surface area (TPSA) is 107 Å². The molecule has 5 rings (SSSR count). The van der Waals surface area contributed by atoms with Crippen molar-refractivity contribution in [3.63, 3.8) is 0 Å². The molecule has 1 aliphatic rings. The maximum Gasteiger partial charge on any atom is 0.278 e. The van der Waals surface area contributed by atoms with Gasteiger partial charge in [0, 0.05) is 24.5 Å². The second-order valence-corrected chi connectivity index (χ2v) is 12.4. The van der Waals surface area contributed by atoms with Crippen LogP contribution in [0.4, 0.5) is 11.6 Å². The Morgan fingerprint density at radius 1 is 1.12 bits per heavy atom. The minimum absolute atomic E-state index is 0.145. The Balaban J connectivity index is 1.64. The molecular weight excluding hydrogens is 449 g/mol. The van der Waals surface area contributed by atoms with E-state index in [1.807, 2.05) is 19.9 Å². The number of nitrogens with zero attached hydrogens (tertiary/aromatic N) is 5. The highest BCUT2D eigenvalue weighted by molar-refractivity contribution is 7.69. The molecule has 0 fully saturated rings. The molecular formula is C24H28N7O2P. The molecule has 4 aromatic rings. The van der Waals surface area contributed by atoms with Crippen molar-refractivity contribution >= 4 is 35.2 Å². The molecule has 0 saturated heterocycles. The number of fused-ring (bicyclic) bond motifs is 2. The number of hydrogen-bond donors (Lipinski definition) is 2. The molecule has 9 nitrogen and oxygen atoms in total. The van der Waals surface area contributed by atoms with Gasteiger partial charge in [0.1, 0.15) is 18.0 Å². The molecule has 1 aliphatic heterocycles. The molecule has 0 unspecified atom stereocenters. The van der Waals surface area contributed by atoms with Crippen LogP contribution in [0.25, 0.3) is 16.9 Å². The number of nitrogens with one attached hydrogen (secondary N) is 2. The summed E-state index contributed by atoms with van der Waals surface area (Å²) in [5.41, 5.74) is 4.26. The average molecular weight is 478 g/mol. The van der Waals surface area contributed by atoms with E-state index in [0.717, 1.165) is 25.2 Å². The van der Waals surface area contributed by atoms with Crippen molar-refractivity contribution in [1.29, 1.82) is 0 Å². The van der Waals surface area contributed by atoms with Crippen LogP contribution in [0, 0.1) is 0 Å². The molecule has 0 amide bonds. The quantitative estimate of drug-likeness (QED) is 0.425. The summed E-state index contributed by atoms with van der Waals surface area (Å²) in [7, 11) is -2.58. The lowest BCUT2D eigenvalue weighted by molar-refractivity contribution is 0.472. The summed E-state index contributed by atoms with van der Waals surface area (Å²) in [5, 5.41) is 7.07. The van der Waals surface area contributed by atoms with Crippen LogP contribution in [0.5, 0.6) is 0 Å². The minimum Gasteiger partial charge on any atom is -0.324 e. The molecule has 10 heteroatoms. The highest BCUT2D eigenvalue weighted by Crippen LogP contribution is 2.33. The molecule has 0 radical (unpaired) electrons. The summed E-state index contributed by atoms with van der Waals surface area (Å²) < 4.78 is 16.0. The van der Waals surface area contributed by atoms with Crippen LogP contribution in [0.3, 0.4) is 0 Å². The summed E-state index contributed by atoms with van der Waals surface area (Å²) in [6.07, 6.45) is 2.53. The molecule has 0 spiro atoms. The van der Waals surface area contributed by atoms with E-state index < -0.39 is 7.14 Å². The monoisotopic (exact) mass is 477 g/mol. The zero-order valence-electron chi connectivity index (χ0n) is 19.7. The van der Waals surface area contributed by atoms with Crippen molar-refractivity contribution in [2.45, 2.75) is 32.9 Å². The van der Waals surface area contributed by atoms with Crippen LogP contribution < -0.4 is 21.6 Å². The van der Waals surface area contributed by atoms with Gasteiger partial charge in [-0.25, -0.2) is 19.3 Å². The van der Waals surface area contributed by atoms with Gasteiger partial charge in [-0.3, -0.25) is 4.79 Å². The predicted molar refractivity (Wildman–Crippen MR) is 136 cm³/mol. The third kappa shape index (κ3) is 4.06. The second-order valence-electron chi connectivity index (χ2n) is 9.23. The smallest absolute Gasteiger partial charge is 0.278 e. The molecule has 1 aromatic carbocycles. The van der Waals surface area contributed by atoms with Gasteiger partial charge in [-0.05, 0) is 75.5 Å². The standard InChI is InChI=1S/C24H28N7O2P/c1-15(2)30-23(32)19-14-26-24(27-18-9-8-17-13-25-11-10-16(17)12-18)29-22(19)31(30)20-6-5-7-21(28-20)34(3,4)33/h5-9,12,14-15,25H,10-11,13H2,1-4H3,(H,26,27,29). The normalized spacial score (nSPS) is 13.9. The van der Waals surface area contributed by atoms with E-state index in [0.29, 0.717) is 28.2 Å². The lowest BCUT2D eigenvalue weighted by atomic mass is 10.0. The van der Waals surface area contributed by atoms with Crippen molar-refractivity contribution < 1.29 is 4.57 Å². The molecule has 0 bridgehead atoms. The van der Waals surface area contributed by atoms with Gasteiger partial charge in [-0.2, -0.15) is 4.98 Å². The summed E-state index contributed by atoms with van der Waals surface area (Å²) in [6, 6.07) is 11.5. The lowest BCUT2D eigenvalue weighted by Gasteiger charge is -2.18. The van der Waals surface area contributed by atoms with Gasteiger partial charge in [-0.1, -0.05) is 12.1 Å². The molecule has 4 heterocycles. The van der Waals surface area contributed by atoms with Crippen molar-refractivity contribution in [1.82, 2.24) is 29.6 Å². The van der Waals surface area contributed by atoms with Crippen LogP contribution >= 0.6 is 7.14 Å². The number of aromatic nitrogens is 5.